The number of hydrogen-bond acceptors (Lipinski definition) is 5. The molecule has 3 aromatic rings. The lowest BCUT2D eigenvalue weighted by Gasteiger charge is -2.07. The molecule has 0 saturated heterocycles. The molecule has 0 spiro atoms. The molecule has 0 atom stereocenters. The van der Waals surface area contributed by atoms with Crippen LogP contribution in [0, 0.1) is 5.41 Å². The van der Waals surface area contributed by atoms with Gasteiger partial charge in [-0.2, -0.15) is 0 Å². The number of ether oxygens (including phenoxy) is 1. The van der Waals surface area contributed by atoms with Crippen LogP contribution in [-0.2, 0) is 13.7 Å². The van der Waals surface area contributed by atoms with E-state index in [1.807, 2.05) is 7.05 Å². The second-order valence-corrected chi connectivity index (χ2v) is 5.16. The number of benzene rings is 1. The molecular weight excluding hydrogens is 310 g/mol. The van der Waals surface area contributed by atoms with E-state index in [4.69, 9.17) is 21.0 Å². The van der Waals surface area contributed by atoms with Crippen molar-refractivity contribution in [1.29, 1.82) is 5.41 Å². The van der Waals surface area contributed by atoms with Crippen LogP contribution in [0.5, 0.6) is 5.75 Å². The van der Waals surface area contributed by atoms with Crippen LogP contribution in [0.4, 0.5) is 0 Å². The Hall–Kier alpha value is -3.42. The maximum atomic E-state index is 11.0. The smallest absolute Gasteiger partial charge is 0.354 e. The van der Waals surface area contributed by atoms with E-state index in [2.05, 4.69) is 9.97 Å². The van der Waals surface area contributed by atoms with Crippen molar-refractivity contribution in [2.45, 2.75) is 6.61 Å². The molecule has 0 aliphatic rings. The molecule has 0 saturated carbocycles. The van der Waals surface area contributed by atoms with Crippen LogP contribution in [0.3, 0.4) is 0 Å². The monoisotopic (exact) mass is 325 g/mol. The predicted molar refractivity (Wildman–Crippen MR) is 87.3 cm³/mol. The van der Waals surface area contributed by atoms with E-state index in [9.17, 15) is 4.79 Å². The van der Waals surface area contributed by atoms with E-state index in [0.29, 0.717) is 22.8 Å². The number of aromatic carboxylic acids is 1. The Morgan fingerprint density at radius 1 is 1.25 bits per heavy atom. The van der Waals surface area contributed by atoms with E-state index < -0.39 is 5.97 Å². The fraction of sp³-hybridized carbons (Fsp3) is 0.125. The number of nitrogens with one attached hydrogen (secondary N) is 1. The van der Waals surface area contributed by atoms with Crippen LogP contribution in [0.25, 0.3) is 11.2 Å². The molecule has 24 heavy (non-hydrogen) atoms. The molecule has 3 rings (SSSR count). The summed E-state index contributed by atoms with van der Waals surface area (Å²) in [7, 11) is 1.81. The van der Waals surface area contributed by atoms with E-state index in [1.165, 1.54) is 6.07 Å². The molecule has 0 aliphatic carbocycles. The molecule has 1 aromatic carbocycles. The summed E-state index contributed by atoms with van der Waals surface area (Å²) in [4.78, 5) is 19.3. The molecule has 4 N–H and O–H groups in total. The van der Waals surface area contributed by atoms with Gasteiger partial charge in [0.1, 0.15) is 24.0 Å². The minimum Gasteiger partial charge on any atom is -0.486 e. The largest absolute Gasteiger partial charge is 0.486 e. The first kappa shape index (κ1) is 15.5. The Morgan fingerprint density at radius 3 is 2.58 bits per heavy atom. The zero-order valence-corrected chi connectivity index (χ0v) is 12.9. The average Bonchev–Trinajstić information content (AvgIpc) is 2.89. The maximum absolute atomic E-state index is 11.0. The van der Waals surface area contributed by atoms with Crippen molar-refractivity contribution >= 4 is 23.0 Å². The Bertz CT molecular complexity index is 931. The van der Waals surface area contributed by atoms with Gasteiger partial charge in [-0.3, -0.25) is 5.41 Å². The maximum Gasteiger partial charge on any atom is 0.354 e. The van der Waals surface area contributed by atoms with Gasteiger partial charge in [0.25, 0.3) is 0 Å². The minimum absolute atomic E-state index is 0.00258. The quantitative estimate of drug-likeness (QED) is 0.482. The van der Waals surface area contributed by atoms with Gasteiger partial charge in [-0.05, 0) is 36.4 Å². The highest BCUT2D eigenvalue weighted by atomic mass is 16.5. The van der Waals surface area contributed by atoms with Gasteiger partial charge < -0.3 is 20.1 Å². The molecule has 122 valence electrons. The topological polar surface area (TPSA) is 127 Å². The fourth-order valence-corrected chi connectivity index (χ4v) is 2.25. The standard InChI is InChI=1S/C16H15N5O3/c1-21-12-7-6-11(16(22)23)19-15(12)20-13(21)8-24-10-4-2-9(3-5-10)14(17)18/h2-7H,8H2,1H3,(H3,17,18)(H,22,23). The molecule has 8 heteroatoms. The number of carboxylic acids is 1. The van der Waals surface area contributed by atoms with E-state index in [1.54, 1.807) is 34.9 Å². The van der Waals surface area contributed by atoms with Gasteiger partial charge in [0.15, 0.2) is 11.3 Å². The minimum atomic E-state index is -1.09. The zero-order valence-electron chi connectivity index (χ0n) is 12.9. The van der Waals surface area contributed by atoms with Crippen molar-refractivity contribution in [3.63, 3.8) is 0 Å². The summed E-state index contributed by atoms with van der Waals surface area (Å²) in [6.45, 7) is 0.203. The van der Waals surface area contributed by atoms with Gasteiger partial charge in [-0.25, -0.2) is 14.8 Å². The molecule has 0 amide bonds. The summed E-state index contributed by atoms with van der Waals surface area (Å²) in [5.74, 6) is 0.144. The summed E-state index contributed by atoms with van der Waals surface area (Å²) in [6, 6.07) is 9.96. The Labute approximate surface area is 137 Å². The number of fused-ring (bicyclic) bond motifs is 1. The molecular formula is C16H15N5O3. The number of nitrogens with zero attached hydrogens (tertiary/aromatic N) is 3. The van der Waals surface area contributed by atoms with Gasteiger partial charge in [0.05, 0.1) is 5.52 Å². The highest BCUT2D eigenvalue weighted by Crippen LogP contribution is 2.17. The van der Waals surface area contributed by atoms with Crippen molar-refractivity contribution in [1.82, 2.24) is 14.5 Å². The second-order valence-electron chi connectivity index (χ2n) is 5.16. The van der Waals surface area contributed by atoms with Crippen LogP contribution < -0.4 is 10.5 Å². The number of rotatable bonds is 5. The van der Waals surface area contributed by atoms with Crippen molar-refractivity contribution in [2.24, 2.45) is 12.8 Å². The van der Waals surface area contributed by atoms with Crippen LogP contribution in [0.2, 0.25) is 0 Å². The summed E-state index contributed by atoms with van der Waals surface area (Å²) >= 11 is 0. The lowest BCUT2D eigenvalue weighted by Crippen LogP contribution is -2.10. The molecule has 0 aliphatic heterocycles. The molecule has 0 radical (unpaired) electrons. The Balaban J connectivity index is 1.81. The van der Waals surface area contributed by atoms with E-state index >= 15 is 0 Å². The van der Waals surface area contributed by atoms with Crippen molar-refractivity contribution < 1.29 is 14.6 Å². The molecule has 2 heterocycles. The van der Waals surface area contributed by atoms with Crippen LogP contribution in [0.1, 0.15) is 21.9 Å². The third-order valence-electron chi connectivity index (χ3n) is 3.59. The highest BCUT2D eigenvalue weighted by Gasteiger charge is 2.12. The second kappa shape index (κ2) is 5.99. The number of imidazole rings is 1. The number of nitrogens with two attached hydrogens (primary N) is 1. The van der Waals surface area contributed by atoms with Gasteiger partial charge in [-0.1, -0.05) is 0 Å². The van der Waals surface area contributed by atoms with Gasteiger partial charge in [-0.15, -0.1) is 0 Å². The van der Waals surface area contributed by atoms with Crippen LogP contribution in [0.15, 0.2) is 36.4 Å². The predicted octanol–water partition coefficient (Wildman–Crippen LogP) is 1.53. The van der Waals surface area contributed by atoms with Crippen molar-refractivity contribution in [3.05, 3.63) is 53.5 Å². The lowest BCUT2D eigenvalue weighted by atomic mass is 10.2. The summed E-state index contributed by atoms with van der Waals surface area (Å²) in [6.07, 6.45) is 0. The van der Waals surface area contributed by atoms with E-state index in [0.717, 1.165) is 5.52 Å². The van der Waals surface area contributed by atoms with Crippen molar-refractivity contribution in [3.8, 4) is 5.75 Å². The number of nitrogen functional groups attached to an aromatic ring is 1. The molecule has 0 unspecified atom stereocenters. The number of pyridine rings is 1. The Kier molecular flexibility index (Phi) is 3.87. The Morgan fingerprint density at radius 2 is 1.96 bits per heavy atom. The highest BCUT2D eigenvalue weighted by molar-refractivity contribution is 5.95. The number of hydrogen-bond donors (Lipinski definition) is 3. The third kappa shape index (κ3) is 2.89. The number of carboxylic acid groups (broad SMARTS) is 1. The van der Waals surface area contributed by atoms with Gasteiger partial charge >= 0.3 is 5.97 Å². The SMILES string of the molecule is Cn1c(COc2ccc(C(=N)N)cc2)nc2nc(C(=O)O)ccc21. The number of carbonyl (C=O) groups is 1. The molecule has 0 bridgehead atoms. The van der Waals surface area contributed by atoms with Crippen LogP contribution in [-0.4, -0.2) is 31.4 Å². The normalized spacial score (nSPS) is 10.7. The summed E-state index contributed by atoms with van der Waals surface area (Å²) in [5.41, 5.74) is 7.07. The van der Waals surface area contributed by atoms with E-state index in [-0.39, 0.29) is 18.1 Å². The average molecular weight is 325 g/mol. The first-order valence-corrected chi connectivity index (χ1v) is 7.08. The summed E-state index contributed by atoms with van der Waals surface area (Å²) in [5, 5.41) is 16.3. The number of aromatic nitrogens is 3. The van der Waals surface area contributed by atoms with Crippen molar-refractivity contribution in [2.75, 3.05) is 0 Å². The van der Waals surface area contributed by atoms with Gasteiger partial charge in [0.2, 0.25) is 0 Å². The summed E-state index contributed by atoms with van der Waals surface area (Å²) < 4.78 is 7.48. The lowest BCUT2D eigenvalue weighted by molar-refractivity contribution is 0.0691. The molecule has 2 aromatic heterocycles. The number of amidine groups is 1. The first-order chi connectivity index (χ1) is 11.5. The van der Waals surface area contributed by atoms with Gasteiger partial charge in [0, 0.05) is 12.6 Å². The third-order valence-corrected chi connectivity index (χ3v) is 3.59. The fourth-order valence-electron chi connectivity index (χ4n) is 2.25. The number of aryl methyl sites for hydroxylation is 1. The van der Waals surface area contributed by atoms with Crippen LogP contribution >= 0.6 is 0 Å². The molecule has 0 fully saturated rings. The first-order valence-electron chi connectivity index (χ1n) is 7.08. The molecule has 8 nitrogen and oxygen atoms in total. The zero-order chi connectivity index (χ0) is 17.3.